The fourth-order valence-corrected chi connectivity index (χ4v) is 2.67. The van der Waals surface area contributed by atoms with Crippen molar-refractivity contribution in [2.75, 3.05) is 12.5 Å². The maximum Gasteiger partial charge on any atom is 0.416 e. The minimum Gasteiger partial charge on any atom is -0.493 e. The Kier molecular flexibility index (Phi) is 6.84. The second-order valence-electron chi connectivity index (χ2n) is 6.27. The molecule has 0 saturated heterocycles. The molecule has 8 heteroatoms. The highest BCUT2D eigenvalue weighted by molar-refractivity contribution is 6.30. The van der Waals surface area contributed by atoms with Crippen LogP contribution >= 0.6 is 11.6 Å². The molecule has 0 heterocycles. The summed E-state index contributed by atoms with van der Waals surface area (Å²) in [5.74, 6) is 1.10. The zero-order valence-electron chi connectivity index (χ0n) is 15.9. The molecule has 0 amide bonds. The minimum atomic E-state index is -4.37. The van der Waals surface area contributed by atoms with E-state index in [1.54, 1.807) is 37.4 Å². The highest BCUT2D eigenvalue weighted by Crippen LogP contribution is 2.30. The van der Waals surface area contributed by atoms with Crippen molar-refractivity contribution in [1.82, 2.24) is 0 Å². The van der Waals surface area contributed by atoms with E-state index in [0.29, 0.717) is 28.8 Å². The van der Waals surface area contributed by atoms with E-state index in [-0.39, 0.29) is 0 Å². The first-order valence-corrected chi connectivity index (χ1v) is 9.24. The normalized spacial score (nSPS) is 11.5. The third-order valence-corrected chi connectivity index (χ3v) is 4.37. The van der Waals surface area contributed by atoms with Gasteiger partial charge in [-0.2, -0.15) is 18.3 Å². The second-order valence-corrected chi connectivity index (χ2v) is 6.71. The van der Waals surface area contributed by atoms with Crippen molar-refractivity contribution in [3.05, 3.63) is 88.4 Å². The smallest absolute Gasteiger partial charge is 0.416 e. The number of nitrogens with zero attached hydrogens (tertiary/aromatic N) is 1. The molecule has 0 fully saturated rings. The van der Waals surface area contributed by atoms with E-state index >= 15 is 0 Å². The molecule has 156 valence electrons. The molecule has 0 bridgehead atoms. The lowest BCUT2D eigenvalue weighted by atomic mass is 10.2. The molecule has 0 radical (unpaired) electrons. The van der Waals surface area contributed by atoms with E-state index in [1.165, 1.54) is 18.3 Å². The van der Waals surface area contributed by atoms with Crippen molar-refractivity contribution in [3.8, 4) is 11.5 Å². The van der Waals surface area contributed by atoms with Gasteiger partial charge in [0.05, 0.1) is 24.6 Å². The lowest BCUT2D eigenvalue weighted by Gasteiger charge is -2.11. The molecule has 1 N–H and O–H groups in total. The number of hydrogen-bond donors (Lipinski definition) is 1. The molecular formula is C22H18ClF3N2O2. The zero-order chi connectivity index (χ0) is 21.6. The van der Waals surface area contributed by atoms with Crippen LogP contribution in [0.2, 0.25) is 5.02 Å². The molecule has 0 spiro atoms. The first-order chi connectivity index (χ1) is 14.3. The van der Waals surface area contributed by atoms with Crippen LogP contribution in [-0.2, 0) is 12.8 Å². The Morgan fingerprint density at radius 2 is 1.67 bits per heavy atom. The van der Waals surface area contributed by atoms with Gasteiger partial charge in [-0.1, -0.05) is 23.7 Å². The summed E-state index contributed by atoms with van der Waals surface area (Å²) < 4.78 is 49.0. The van der Waals surface area contributed by atoms with E-state index < -0.39 is 11.7 Å². The summed E-state index contributed by atoms with van der Waals surface area (Å²) in [5, 5.41) is 4.71. The molecule has 0 saturated carbocycles. The zero-order valence-corrected chi connectivity index (χ0v) is 16.7. The third kappa shape index (κ3) is 5.90. The lowest BCUT2D eigenvalue weighted by molar-refractivity contribution is -0.137. The van der Waals surface area contributed by atoms with Crippen LogP contribution in [0, 0.1) is 0 Å². The van der Waals surface area contributed by atoms with Gasteiger partial charge in [0.1, 0.15) is 6.61 Å². The van der Waals surface area contributed by atoms with Crippen LogP contribution in [0.3, 0.4) is 0 Å². The highest BCUT2D eigenvalue weighted by atomic mass is 35.5. The predicted molar refractivity (Wildman–Crippen MR) is 111 cm³/mol. The van der Waals surface area contributed by atoms with Crippen molar-refractivity contribution in [3.63, 3.8) is 0 Å². The summed E-state index contributed by atoms with van der Waals surface area (Å²) in [4.78, 5) is 0. The van der Waals surface area contributed by atoms with Crippen LogP contribution in [-0.4, -0.2) is 13.3 Å². The number of hydrazone groups is 1. The number of halogens is 4. The average molecular weight is 435 g/mol. The number of hydrogen-bond acceptors (Lipinski definition) is 4. The molecular weight excluding hydrogens is 417 g/mol. The Labute approximate surface area is 176 Å². The van der Waals surface area contributed by atoms with E-state index in [0.717, 1.165) is 23.3 Å². The molecule has 0 aromatic heterocycles. The van der Waals surface area contributed by atoms with Gasteiger partial charge in [0.2, 0.25) is 0 Å². The summed E-state index contributed by atoms with van der Waals surface area (Å²) in [7, 11) is 1.55. The largest absolute Gasteiger partial charge is 0.493 e. The number of nitrogens with one attached hydrogen (secondary N) is 1. The Morgan fingerprint density at radius 3 is 2.30 bits per heavy atom. The van der Waals surface area contributed by atoms with Crippen molar-refractivity contribution < 1.29 is 22.6 Å². The number of methoxy groups -OCH3 is 1. The molecule has 0 aliphatic heterocycles. The fourth-order valence-electron chi connectivity index (χ4n) is 2.54. The number of ether oxygens (including phenoxy) is 2. The molecule has 0 unspecified atom stereocenters. The number of benzene rings is 3. The van der Waals surface area contributed by atoms with Gasteiger partial charge in [0.25, 0.3) is 0 Å². The topological polar surface area (TPSA) is 42.8 Å². The van der Waals surface area contributed by atoms with E-state index in [1.807, 2.05) is 12.1 Å². The van der Waals surface area contributed by atoms with Crippen LogP contribution in [0.25, 0.3) is 0 Å². The summed E-state index contributed by atoms with van der Waals surface area (Å²) in [6.07, 6.45) is -2.83. The van der Waals surface area contributed by atoms with Crippen LogP contribution < -0.4 is 14.9 Å². The maximum atomic E-state index is 12.6. The van der Waals surface area contributed by atoms with Gasteiger partial charge in [0, 0.05) is 5.02 Å². The molecule has 0 aliphatic carbocycles. The molecule has 4 nitrogen and oxygen atoms in total. The van der Waals surface area contributed by atoms with E-state index in [9.17, 15) is 13.2 Å². The monoisotopic (exact) mass is 434 g/mol. The Hall–Kier alpha value is -3.19. The number of rotatable bonds is 7. The highest BCUT2D eigenvalue weighted by Gasteiger charge is 2.29. The molecule has 0 atom stereocenters. The van der Waals surface area contributed by atoms with Gasteiger partial charge in [-0.25, -0.2) is 0 Å². The van der Waals surface area contributed by atoms with Crippen molar-refractivity contribution >= 4 is 23.5 Å². The first kappa shape index (κ1) is 21.5. The lowest BCUT2D eigenvalue weighted by Crippen LogP contribution is -2.04. The predicted octanol–water partition coefficient (Wildman–Crippen LogP) is 6.39. The Balaban J connectivity index is 1.65. The van der Waals surface area contributed by atoms with E-state index in [2.05, 4.69) is 10.5 Å². The fraction of sp³-hybridized carbons (Fsp3) is 0.136. The van der Waals surface area contributed by atoms with Crippen molar-refractivity contribution in [1.29, 1.82) is 0 Å². The first-order valence-electron chi connectivity index (χ1n) is 8.87. The van der Waals surface area contributed by atoms with Crippen LogP contribution in [0.15, 0.2) is 71.8 Å². The van der Waals surface area contributed by atoms with Crippen LogP contribution in [0.5, 0.6) is 11.5 Å². The standard InChI is InChI=1S/C22H18ClF3N2O2/c1-29-20-11-4-16(12-21(20)30-14-15-2-7-18(23)8-3-15)13-27-28-19-9-5-17(6-10-19)22(24,25)26/h2-13,28H,14H2,1H3. The molecule has 30 heavy (non-hydrogen) atoms. The summed E-state index contributed by atoms with van der Waals surface area (Å²) in [5.41, 5.74) is 4.10. The van der Waals surface area contributed by atoms with Gasteiger partial charge >= 0.3 is 6.18 Å². The summed E-state index contributed by atoms with van der Waals surface area (Å²) in [6.45, 7) is 0.331. The van der Waals surface area contributed by atoms with Crippen molar-refractivity contribution in [2.24, 2.45) is 5.10 Å². The summed E-state index contributed by atoms with van der Waals surface area (Å²) >= 11 is 5.89. The summed E-state index contributed by atoms with van der Waals surface area (Å²) in [6, 6.07) is 17.2. The van der Waals surface area contributed by atoms with E-state index in [4.69, 9.17) is 21.1 Å². The molecule has 0 aliphatic rings. The maximum absolute atomic E-state index is 12.6. The molecule has 3 aromatic carbocycles. The third-order valence-electron chi connectivity index (χ3n) is 4.11. The number of anilines is 1. The van der Waals surface area contributed by atoms with Crippen molar-refractivity contribution in [2.45, 2.75) is 12.8 Å². The van der Waals surface area contributed by atoms with Gasteiger partial charge in [-0.05, 0) is 65.7 Å². The number of alkyl halides is 3. The van der Waals surface area contributed by atoms with Crippen LogP contribution in [0.4, 0.5) is 18.9 Å². The van der Waals surface area contributed by atoms with Gasteiger partial charge in [0.15, 0.2) is 11.5 Å². The van der Waals surface area contributed by atoms with Gasteiger partial charge in [-0.3, -0.25) is 5.43 Å². The minimum absolute atomic E-state index is 0.331. The quantitative estimate of drug-likeness (QED) is 0.346. The molecule has 3 rings (SSSR count). The Bertz CT molecular complexity index is 1000. The Morgan fingerprint density at radius 1 is 0.967 bits per heavy atom. The second kappa shape index (κ2) is 9.54. The SMILES string of the molecule is COc1ccc(C=NNc2ccc(C(F)(F)F)cc2)cc1OCc1ccc(Cl)cc1. The average Bonchev–Trinajstić information content (AvgIpc) is 2.73. The van der Waals surface area contributed by atoms with Gasteiger partial charge in [-0.15, -0.1) is 0 Å². The van der Waals surface area contributed by atoms with Crippen LogP contribution in [0.1, 0.15) is 16.7 Å². The van der Waals surface area contributed by atoms with Gasteiger partial charge < -0.3 is 9.47 Å². The molecule has 3 aromatic rings.